The van der Waals surface area contributed by atoms with Gasteiger partial charge >= 0.3 is 0 Å². The molecule has 0 unspecified atom stereocenters. The second-order valence-electron chi connectivity index (χ2n) is 3.27. The standard InChI is InChI=1S/C9H12BrCl2NO3S2/c1-16-5-4-13(3-2-11)18(14,15)8-6-7(12)9(10)17-8/h6H,2-5H2,1H3. The van der Waals surface area contributed by atoms with Crippen LogP contribution in [0.2, 0.25) is 5.02 Å². The topological polar surface area (TPSA) is 46.6 Å². The predicted molar refractivity (Wildman–Crippen MR) is 78.4 cm³/mol. The number of rotatable bonds is 7. The van der Waals surface area contributed by atoms with Crippen molar-refractivity contribution in [1.29, 1.82) is 0 Å². The minimum Gasteiger partial charge on any atom is -0.383 e. The first-order valence-electron chi connectivity index (χ1n) is 4.93. The van der Waals surface area contributed by atoms with Gasteiger partial charge in [0.1, 0.15) is 4.21 Å². The highest BCUT2D eigenvalue weighted by Gasteiger charge is 2.26. The molecule has 9 heteroatoms. The van der Waals surface area contributed by atoms with Gasteiger partial charge in [-0.05, 0) is 22.0 Å². The van der Waals surface area contributed by atoms with Gasteiger partial charge in [0, 0.05) is 26.1 Å². The highest BCUT2D eigenvalue weighted by Crippen LogP contribution is 2.35. The van der Waals surface area contributed by atoms with Crippen LogP contribution in [0, 0.1) is 0 Å². The van der Waals surface area contributed by atoms with Crippen LogP contribution in [0.15, 0.2) is 14.1 Å². The molecule has 0 atom stereocenters. The van der Waals surface area contributed by atoms with E-state index in [4.69, 9.17) is 27.9 Å². The number of sulfonamides is 1. The summed E-state index contributed by atoms with van der Waals surface area (Å²) >= 11 is 15.8. The summed E-state index contributed by atoms with van der Waals surface area (Å²) < 4.78 is 31.7. The van der Waals surface area contributed by atoms with E-state index in [0.717, 1.165) is 11.3 Å². The van der Waals surface area contributed by atoms with E-state index in [1.807, 2.05) is 0 Å². The zero-order chi connectivity index (χ0) is 13.8. The second-order valence-corrected chi connectivity index (χ2v) is 8.59. The molecule has 18 heavy (non-hydrogen) atoms. The van der Waals surface area contributed by atoms with Crippen LogP contribution in [0.4, 0.5) is 0 Å². The Labute approximate surface area is 129 Å². The number of alkyl halides is 1. The third-order valence-electron chi connectivity index (χ3n) is 2.10. The number of methoxy groups -OCH3 is 1. The van der Waals surface area contributed by atoms with Gasteiger partial charge in [0.05, 0.1) is 15.4 Å². The summed E-state index contributed by atoms with van der Waals surface area (Å²) in [6.07, 6.45) is 0. The maximum absolute atomic E-state index is 12.3. The van der Waals surface area contributed by atoms with Crippen LogP contribution in [-0.2, 0) is 14.8 Å². The Hall–Kier alpha value is 0.630. The molecule has 0 aromatic carbocycles. The first kappa shape index (κ1) is 16.7. The summed E-state index contributed by atoms with van der Waals surface area (Å²) in [4.78, 5) is 0. The SMILES string of the molecule is COCCN(CCCl)S(=O)(=O)c1cc(Cl)c(Br)s1. The number of halogens is 3. The highest BCUT2D eigenvalue weighted by molar-refractivity contribution is 9.11. The maximum atomic E-state index is 12.3. The smallest absolute Gasteiger partial charge is 0.252 e. The molecular formula is C9H12BrCl2NO3S2. The molecular weight excluding hydrogens is 385 g/mol. The van der Waals surface area contributed by atoms with Crippen LogP contribution < -0.4 is 0 Å². The van der Waals surface area contributed by atoms with Crippen LogP contribution in [0.3, 0.4) is 0 Å². The average molecular weight is 397 g/mol. The molecule has 0 fully saturated rings. The van der Waals surface area contributed by atoms with Gasteiger partial charge in [-0.15, -0.1) is 22.9 Å². The monoisotopic (exact) mass is 395 g/mol. The molecule has 0 saturated carbocycles. The number of ether oxygens (including phenoxy) is 1. The van der Waals surface area contributed by atoms with Gasteiger partial charge in [-0.3, -0.25) is 0 Å². The third kappa shape index (κ3) is 4.06. The number of nitrogens with zero attached hydrogens (tertiary/aromatic N) is 1. The molecule has 0 spiro atoms. The van der Waals surface area contributed by atoms with Gasteiger partial charge in [-0.1, -0.05) is 11.6 Å². The molecule has 0 saturated heterocycles. The van der Waals surface area contributed by atoms with E-state index in [2.05, 4.69) is 15.9 Å². The van der Waals surface area contributed by atoms with E-state index in [1.165, 1.54) is 17.5 Å². The molecule has 0 bridgehead atoms. The third-order valence-corrected chi connectivity index (χ3v) is 7.09. The minimum absolute atomic E-state index is 0.195. The van der Waals surface area contributed by atoms with Crippen molar-refractivity contribution in [2.75, 3.05) is 32.7 Å². The Morgan fingerprint density at radius 3 is 2.61 bits per heavy atom. The second kappa shape index (κ2) is 7.42. The van der Waals surface area contributed by atoms with Crippen molar-refractivity contribution in [1.82, 2.24) is 4.31 Å². The lowest BCUT2D eigenvalue weighted by atomic mass is 10.6. The van der Waals surface area contributed by atoms with Crippen molar-refractivity contribution in [3.8, 4) is 0 Å². The first-order valence-corrected chi connectivity index (χ1v) is 8.89. The fraction of sp³-hybridized carbons (Fsp3) is 0.556. The average Bonchev–Trinajstić information content (AvgIpc) is 2.65. The Morgan fingerprint density at radius 1 is 1.50 bits per heavy atom. The minimum atomic E-state index is -3.56. The summed E-state index contributed by atoms with van der Waals surface area (Å²) in [5, 5.41) is 0.385. The zero-order valence-electron chi connectivity index (χ0n) is 9.53. The van der Waals surface area contributed by atoms with E-state index in [9.17, 15) is 8.42 Å². The van der Waals surface area contributed by atoms with Gasteiger partial charge in [0.2, 0.25) is 0 Å². The maximum Gasteiger partial charge on any atom is 0.252 e. The highest BCUT2D eigenvalue weighted by atomic mass is 79.9. The van der Waals surface area contributed by atoms with Crippen molar-refractivity contribution in [3.63, 3.8) is 0 Å². The van der Waals surface area contributed by atoms with Crippen molar-refractivity contribution in [2.45, 2.75) is 4.21 Å². The van der Waals surface area contributed by atoms with E-state index >= 15 is 0 Å². The Kier molecular flexibility index (Phi) is 6.88. The molecule has 0 aliphatic rings. The van der Waals surface area contributed by atoms with Crippen molar-refractivity contribution >= 4 is 60.5 Å². The van der Waals surface area contributed by atoms with E-state index in [-0.39, 0.29) is 23.2 Å². The number of hydrogen-bond acceptors (Lipinski definition) is 4. The summed E-state index contributed by atoms with van der Waals surface area (Å²) in [5.74, 6) is 0.225. The quantitative estimate of drug-likeness (QED) is 0.665. The normalized spacial score (nSPS) is 12.3. The molecule has 1 aromatic rings. The van der Waals surface area contributed by atoms with Gasteiger partial charge in [-0.2, -0.15) is 4.31 Å². The molecule has 1 rings (SSSR count). The van der Waals surface area contributed by atoms with Crippen LogP contribution in [0.1, 0.15) is 0 Å². The molecule has 0 radical (unpaired) electrons. The van der Waals surface area contributed by atoms with Gasteiger partial charge in [0.25, 0.3) is 10.0 Å². The molecule has 0 N–H and O–H groups in total. The van der Waals surface area contributed by atoms with Gasteiger partial charge < -0.3 is 4.74 Å². The Bertz CT molecular complexity index is 473. The summed E-state index contributed by atoms with van der Waals surface area (Å²) in [6.45, 7) is 0.815. The molecule has 0 aliphatic heterocycles. The fourth-order valence-electron chi connectivity index (χ4n) is 1.22. The fourth-order valence-corrected chi connectivity index (χ4v) is 5.50. The molecule has 4 nitrogen and oxygen atoms in total. The molecule has 104 valence electrons. The lowest BCUT2D eigenvalue weighted by Gasteiger charge is -2.19. The molecule has 1 heterocycles. The van der Waals surface area contributed by atoms with Crippen molar-refractivity contribution in [3.05, 3.63) is 14.9 Å². The van der Waals surface area contributed by atoms with Crippen molar-refractivity contribution < 1.29 is 13.2 Å². The lowest BCUT2D eigenvalue weighted by Crippen LogP contribution is -2.35. The van der Waals surface area contributed by atoms with E-state index in [1.54, 1.807) is 0 Å². The van der Waals surface area contributed by atoms with Crippen LogP contribution in [0.5, 0.6) is 0 Å². The Morgan fingerprint density at radius 2 is 2.17 bits per heavy atom. The summed E-state index contributed by atoms with van der Waals surface area (Å²) in [5.41, 5.74) is 0. The largest absolute Gasteiger partial charge is 0.383 e. The zero-order valence-corrected chi connectivity index (χ0v) is 14.3. The number of hydrogen-bond donors (Lipinski definition) is 0. The molecule has 0 aliphatic carbocycles. The van der Waals surface area contributed by atoms with Crippen LogP contribution in [0.25, 0.3) is 0 Å². The number of thiophene rings is 1. The lowest BCUT2D eigenvalue weighted by molar-refractivity contribution is 0.180. The van der Waals surface area contributed by atoms with Gasteiger partial charge in [0.15, 0.2) is 0 Å². The predicted octanol–water partition coefficient (Wildman–Crippen LogP) is 3.04. The molecule has 1 aromatic heterocycles. The Balaban J connectivity index is 3.00. The summed E-state index contributed by atoms with van der Waals surface area (Å²) in [6, 6.07) is 1.43. The molecule has 0 amide bonds. The van der Waals surface area contributed by atoms with E-state index in [0.29, 0.717) is 15.4 Å². The van der Waals surface area contributed by atoms with E-state index < -0.39 is 10.0 Å². The van der Waals surface area contributed by atoms with Gasteiger partial charge in [-0.25, -0.2) is 8.42 Å². The van der Waals surface area contributed by atoms with Crippen molar-refractivity contribution in [2.24, 2.45) is 0 Å². The van der Waals surface area contributed by atoms with Crippen LogP contribution >= 0.6 is 50.5 Å². The first-order chi connectivity index (χ1) is 8.43. The van der Waals surface area contributed by atoms with Crippen LogP contribution in [-0.4, -0.2) is 45.4 Å². The summed E-state index contributed by atoms with van der Waals surface area (Å²) in [7, 11) is -2.05.